The number of aryl methyl sites for hydroxylation is 1. The number of rotatable bonds is 4. The molecule has 1 aromatic carbocycles. The summed E-state index contributed by atoms with van der Waals surface area (Å²) in [5.74, 6) is 0.593. The van der Waals surface area contributed by atoms with E-state index < -0.39 is 13.3 Å². The second-order valence-corrected chi connectivity index (χ2v) is 4.85. The first-order chi connectivity index (χ1) is 10.7. The number of para-hydroxylation sites is 2. The summed E-state index contributed by atoms with van der Waals surface area (Å²) < 4.78 is 26.4. The largest absolute Gasteiger partial charge is 0.323 e. The lowest BCUT2D eigenvalue weighted by Gasteiger charge is -2.12. The zero-order valence-electron chi connectivity index (χ0n) is 12.0. The molecule has 2 heterocycles. The Hall–Kier alpha value is -2.63. The summed E-state index contributed by atoms with van der Waals surface area (Å²) in [5.41, 5.74) is 2.63. The van der Waals surface area contributed by atoms with Crippen LogP contribution in [0.4, 0.5) is 20.4 Å². The van der Waals surface area contributed by atoms with Crippen LogP contribution in [0.1, 0.15) is 16.8 Å². The van der Waals surface area contributed by atoms with E-state index in [0.717, 1.165) is 5.56 Å². The van der Waals surface area contributed by atoms with Crippen LogP contribution in [0.15, 0.2) is 36.5 Å². The first kappa shape index (κ1) is 14.3. The van der Waals surface area contributed by atoms with Crippen molar-refractivity contribution in [3.05, 3.63) is 53.3 Å². The highest BCUT2D eigenvalue weighted by Crippen LogP contribution is 2.24. The van der Waals surface area contributed by atoms with Gasteiger partial charge in [0.1, 0.15) is 24.9 Å². The van der Waals surface area contributed by atoms with Gasteiger partial charge in [-0.15, -0.1) is 0 Å². The van der Waals surface area contributed by atoms with Crippen molar-refractivity contribution >= 4 is 22.7 Å². The quantitative estimate of drug-likeness (QED) is 0.790. The van der Waals surface area contributed by atoms with Gasteiger partial charge in [0.05, 0.1) is 11.0 Å². The van der Waals surface area contributed by atoms with Crippen LogP contribution < -0.4 is 5.32 Å². The summed E-state index contributed by atoms with van der Waals surface area (Å²) in [5, 5.41) is 2.91. The maximum Gasteiger partial charge on any atom is 0.156 e. The molecule has 0 bridgehead atoms. The minimum Gasteiger partial charge on any atom is -0.323 e. The Morgan fingerprint density at radius 3 is 2.36 bits per heavy atom. The van der Waals surface area contributed by atoms with Crippen LogP contribution in [0, 0.1) is 6.92 Å². The van der Waals surface area contributed by atoms with Gasteiger partial charge < -0.3 is 5.32 Å². The van der Waals surface area contributed by atoms with E-state index in [1.54, 1.807) is 31.3 Å². The van der Waals surface area contributed by atoms with Crippen molar-refractivity contribution in [3.63, 3.8) is 0 Å². The lowest BCUT2D eigenvalue weighted by Crippen LogP contribution is -2.05. The predicted molar refractivity (Wildman–Crippen MR) is 81.4 cm³/mol. The van der Waals surface area contributed by atoms with Gasteiger partial charge in [0.25, 0.3) is 0 Å². The number of nitrogens with one attached hydrogen (secondary N) is 1. The normalized spacial score (nSPS) is 10.9. The highest BCUT2D eigenvalue weighted by Gasteiger charge is 2.13. The lowest BCUT2D eigenvalue weighted by molar-refractivity contribution is 0.477. The lowest BCUT2D eigenvalue weighted by atomic mass is 10.1. The number of alkyl halides is 2. The Balaban J connectivity index is 2.08. The molecule has 0 radical (unpaired) electrons. The van der Waals surface area contributed by atoms with E-state index >= 15 is 0 Å². The molecule has 0 aliphatic heterocycles. The Morgan fingerprint density at radius 1 is 0.955 bits per heavy atom. The first-order valence-corrected chi connectivity index (χ1v) is 6.82. The van der Waals surface area contributed by atoms with Crippen molar-refractivity contribution in [2.45, 2.75) is 20.3 Å². The molecule has 0 unspecified atom stereocenters. The van der Waals surface area contributed by atoms with Gasteiger partial charge in [-0.05, 0) is 30.7 Å². The Morgan fingerprint density at radius 2 is 1.68 bits per heavy atom. The standard InChI is InChI=1S/C16H14F2N4/c1-10-6-7-19-15(11(10)8-17)22-16-14(9-18)20-12-4-2-3-5-13(12)21-16/h2-7H,8-9H2,1H3,(H,19,21,22). The number of hydrogen-bond acceptors (Lipinski definition) is 4. The van der Waals surface area contributed by atoms with E-state index in [2.05, 4.69) is 20.3 Å². The Kier molecular flexibility index (Phi) is 3.91. The second-order valence-electron chi connectivity index (χ2n) is 4.85. The van der Waals surface area contributed by atoms with Crippen molar-refractivity contribution in [1.82, 2.24) is 15.0 Å². The molecule has 0 atom stereocenters. The Labute approximate surface area is 126 Å². The van der Waals surface area contributed by atoms with E-state index in [-0.39, 0.29) is 11.5 Å². The summed E-state index contributed by atoms with van der Waals surface area (Å²) in [6, 6.07) is 8.92. The zero-order valence-corrected chi connectivity index (χ0v) is 12.0. The van der Waals surface area contributed by atoms with Gasteiger partial charge in [0.15, 0.2) is 5.82 Å². The van der Waals surface area contributed by atoms with Crippen LogP contribution in [-0.4, -0.2) is 15.0 Å². The van der Waals surface area contributed by atoms with Crippen LogP contribution in [0.25, 0.3) is 11.0 Å². The van der Waals surface area contributed by atoms with Crippen molar-refractivity contribution < 1.29 is 8.78 Å². The molecule has 3 aromatic rings. The number of fused-ring (bicyclic) bond motifs is 1. The van der Waals surface area contributed by atoms with E-state index in [4.69, 9.17) is 0 Å². The molecule has 2 aromatic heterocycles. The fourth-order valence-corrected chi connectivity index (χ4v) is 2.21. The SMILES string of the molecule is Cc1ccnc(Nc2nc3ccccc3nc2CF)c1CF. The number of hydrogen-bond donors (Lipinski definition) is 1. The zero-order chi connectivity index (χ0) is 15.5. The van der Waals surface area contributed by atoms with Gasteiger partial charge in [-0.1, -0.05) is 12.1 Å². The topological polar surface area (TPSA) is 50.7 Å². The molecule has 0 fully saturated rings. The molecule has 0 saturated carbocycles. The van der Waals surface area contributed by atoms with Crippen LogP contribution in [0.3, 0.4) is 0 Å². The average Bonchev–Trinajstić information content (AvgIpc) is 2.54. The third kappa shape index (κ3) is 2.59. The monoisotopic (exact) mass is 300 g/mol. The fourth-order valence-electron chi connectivity index (χ4n) is 2.21. The molecule has 0 aliphatic rings. The third-order valence-corrected chi connectivity index (χ3v) is 3.43. The van der Waals surface area contributed by atoms with E-state index in [0.29, 0.717) is 22.4 Å². The fraction of sp³-hybridized carbons (Fsp3) is 0.188. The minimum absolute atomic E-state index is 0.173. The third-order valence-electron chi connectivity index (χ3n) is 3.43. The molecular weight excluding hydrogens is 286 g/mol. The van der Waals surface area contributed by atoms with Crippen molar-refractivity contribution in [3.8, 4) is 0 Å². The number of nitrogens with zero attached hydrogens (tertiary/aromatic N) is 3. The number of benzene rings is 1. The van der Waals surface area contributed by atoms with Crippen molar-refractivity contribution in [1.29, 1.82) is 0 Å². The number of halogens is 2. The van der Waals surface area contributed by atoms with Crippen LogP contribution in [0.5, 0.6) is 0 Å². The second kappa shape index (κ2) is 6.01. The van der Waals surface area contributed by atoms with Crippen LogP contribution >= 0.6 is 0 Å². The van der Waals surface area contributed by atoms with Gasteiger partial charge in [0, 0.05) is 11.8 Å². The highest BCUT2D eigenvalue weighted by molar-refractivity contribution is 5.77. The summed E-state index contributed by atoms with van der Waals surface area (Å²) >= 11 is 0. The van der Waals surface area contributed by atoms with Crippen LogP contribution in [-0.2, 0) is 13.3 Å². The summed E-state index contributed by atoms with van der Waals surface area (Å²) in [7, 11) is 0. The maximum atomic E-state index is 13.2. The molecule has 0 saturated heterocycles. The van der Waals surface area contributed by atoms with Crippen molar-refractivity contribution in [2.24, 2.45) is 0 Å². The number of pyridine rings is 1. The summed E-state index contributed by atoms with van der Waals surface area (Å²) in [6.45, 7) is 0.370. The molecular formula is C16H14F2N4. The Bertz CT molecular complexity index is 820. The summed E-state index contributed by atoms with van der Waals surface area (Å²) in [6.07, 6.45) is 1.57. The van der Waals surface area contributed by atoms with E-state index in [1.165, 1.54) is 0 Å². The molecule has 4 nitrogen and oxygen atoms in total. The maximum absolute atomic E-state index is 13.2. The van der Waals surface area contributed by atoms with Gasteiger partial charge in [-0.25, -0.2) is 23.7 Å². The van der Waals surface area contributed by atoms with Gasteiger partial charge in [-0.3, -0.25) is 0 Å². The summed E-state index contributed by atoms with van der Waals surface area (Å²) in [4.78, 5) is 12.7. The molecule has 0 spiro atoms. The van der Waals surface area contributed by atoms with E-state index in [1.807, 2.05) is 12.1 Å². The number of aromatic nitrogens is 3. The number of anilines is 2. The minimum atomic E-state index is -0.767. The molecule has 22 heavy (non-hydrogen) atoms. The van der Waals surface area contributed by atoms with E-state index in [9.17, 15) is 8.78 Å². The smallest absolute Gasteiger partial charge is 0.156 e. The average molecular weight is 300 g/mol. The van der Waals surface area contributed by atoms with Gasteiger partial charge in [0.2, 0.25) is 0 Å². The van der Waals surface area contributed by atoms with Crippen molar-refractivity contribution in [2.75, 3.05) is 5.32 Å². The first-order valence-electron chi connectivity index (χ1n) is 6.82. The molecule has 3 rings (SSSR count). The highest BCUT2D eigenvalue weighted by atomic mass is 19.1. The molecule has 0 aliphatic carbocycles. The molecule has 6 heteroatoms. The van der Waals surface area contributed by atoms with Gasteiger partial charge in [-0.2, -0.15) is 0 Å². The van der Waals surface area contributed by atoms with Gasteiger partial charge >= 0.3 is 0 Å². The molecule has 0 amide bonds. The molecule has 112 valence electrons. The molecule has 1 N–H and O–H groups in total. The predicted octanol–water partition coefficient (Wildman–Crippen LogP) is 4.02. The van der Waals surface area contributed by atoms with Crippen LogP contribution in [0.2, 0.25) is 0 Å².